The average Bonchev–Trinajstić information content (AvgIpc) is 3.29. The first-order valence-corrected chi connectivity index (χ1v) is 20.2. The first-order valence-electron chi connectivity index (χ1n) is 20.2. The Kier molecular flexibility index (Phi) is 6.54. The average molecular weight is 731 g/mol. The molecule has 13 rings (SSSR count). The van der Waals surface area contributed by atoms with Gasteiger partial charge in [-0.1, -0.05) is 182 Å². The molecule has 0 saturated carbocycles. The van der Waals surface area contributed by atoms with Crippen molar-refractivity contribution in [1.82, 2.24) is 0 Å². The maximum Gasteiger partial charge on any atom is -0.00199 e. The third-order valence-corrected chi connectivity index (χ3v) is 12.9. The van der Waals surface area contributed by atoms with E-state index in [-0.39, 0.29) is 0 Å². The van der Waals surface area contributed by atoms with Crippen LogP contribution < -0.4 is 0 Å². The first kappa shape index (κ1) is 31.6. The maximum atomic E-state index is 2.46. The van der Waals surface area contributed by atoms with Gasteiger partial charge in [0.1, 0.15) is 0 Å². The van der Waals surface area contributed by atoms with Gasteiger partial charge in [-0.25, -0.2) is 0 Å². The lowest BCUT2D eigenvalue weighted by Gasteiger charge is -2.18. The highest BCUT2D eigenvalue weighted by Gasteiger charge is 2.19. The lowest BCUT2D eigenvalue weighted by Crippen LogP contribution is -1.91. The Morgan fingerprint density at radius 1 is 0.172 bits per heavy atom. The molecule has 0 bridgehead atoms. The van der Waals surface area contributed by atoms with Crippen LogP contribution in [0.1, 0.15) is 0 Å². The predicted molar refractivity (Wildman–Crippen MR) is 251 cm³/mol. The molecule has 0 aliphatic carbocycles. The molecule has 0 amide bonds. The van der Waals surface area contributed by atoms with E-state index in [1.807, 2.05) is 0 Å². The van der Waals surface area contributed by atoms with E-state index in [9.17, 15) is 0 Å². The van der Waals surface area contributed by atoms with E-state index < -0.39 is 0 Å². The van der Waals surface area contributed by atoms with Gasteiger partial charge in [0.15, 0.2) is 0 Å². The Morgan fingerprint density at radius 2 is 0.552 bits per heavy atom. The summed E-state index contributed by atoms with van der Waals surface area (Å²) in [7, 11) is 0. The second-order valence-electron chi connectivity index (χ2n) is 15.9. The van der Waals surface area contributed by atoms with Crippen LogP contribution in [0.4, 0.5) is 0 Å². The van der Waals surface area contributed by atoms with E-state index in [4.69, 9.17) is 0 Å². The topological polar surface area (TPSA) is 0 Å². The Hall–Kier alpha value is -7.54. The molecule has 0 radical (unpaired) electrons. The van der Waals surface area contributed by atoms with Crippen LogP contribution in [0, 0.1) is 0 Å². The molecule has 0 unspecified atom stereocenters. The molecule has 0 saturated heterocycles. The van der Waals surface area contributed by atoms with E-state index in [1.165, 1.54) is 130 Å². The second-order valence-corrected chi connectivity index (χ2v) is 15.9. The number of benzene rings is 12. The molecule has 0 aromatic heterocycles. The molecule has 13 aromatic rings. The third-order valence-electron chi connectivity index (χ3n) is 12.9. The van der Waals surface area contributed by atoms with Gasteiger partial charge in [-0.15, -0.1) is 0 Å². The zero-order valence-electron chi connectivity index (χ0n) is 31.6. The minimum absolute atomic E-state index is 1.22. The maximum absolute atomic E-state index is 2.46. The van der Waals surface area contributed by atoms with Gasteiger partial charge in [0.25, 0.3) is 0 Å². The molecule has 0 fully saturated rings. The molecule has 0 aliphatic heterocycles. The molecule has 0 heteroatoms. The monoisotopic (exact) mass is 730 g/mol. The van der Waals surface area contributed by atoms with Crippen LogP contribution in [-0.4, -0.2) is 0 Å². The second kappa shape index (κ2) is 12.0. The summed E-state index contributed by atoms with van der Waals surface area (Å²) in [6.45, 7) is 0. The van der Waals surface area contributed by atoms with Gasteiger partial charge in [-0.2, -0.15) is 0 Å². The molecule has 0 spiro atoms. The Labute approximate surface area is 335 Å². The van der Waals surface area contributed by atoms with Crippen molar-refractivity contribution in [1.29, 1.82) is 0 Å². The lowest BCUT2D eigenvalue weighted by atomic mass is 9.85. The highest BCUT2D eigenvalue weighted by molar-refractivity contribution is 6.37. The quantitative estimate of drug-likeness (QED) is 0.125. The van der Waals surface area contributed by atoms with Gasteiger partial charge in [-0.3, -0.25) is 0 Å². The number of hydrogen-bond acceptors (Lipinski definition) is 0. The number of hydrogen-bond donors (Lipinski definition) is 0. The summed E-state index contributed by atoms with van der Waals surface area (Å²) in [4.78, 5) is 0. The summed E-state index contributed by atoms with van der Waals surface area (Å²) in [5.74, 6) is 0. The van der Waals surface area contributed by atoms with Crippen LogP contribution in [0.3, 0.4) is 0 Å². The van der Waals surface area contributed by atoms with Crippen molar-refractivity contribution in [3.8, 4) is 33.4 Å². The fourth-order valence-corrected chi connectivity index (χ4v) is 10.4. The summed E-state index contributed by atoms with van der Waals surface area (Å²) in [5.41, 5.74) is 7.52. The molecule has 0 atom stereocenters. The zero-order chi connectivity index (χ0) is 37.9. The molecule has 0 aliphatic rings. The predicted octanol–water partition coefficient (Wildman–Crippen LogP) is 16.5. The fourth-order valence-electron chi connectivity index (χ4n) is 10.4. The highest BCUT2D eigenvalue weighted by atomic mass is 14.2. The SMILES string of the molecule is c1ccc(-c2c3ccccc3c(-c3ccc4cc(-c5cc6ccc7cccc8c9cccc%10ccc%11cccc(c(c5)c6c78)c%11c%109)ccc4c3)c3ccccc23)cc1. The van der Waals surface area contributed by atoms with Crippen molar-refractivity contribution in [3.05, 3.63) is 206 Å². The van der Waals surface area contributed by atoms with Crippen LogP contribution in [-0.2, 0) is 0 Å². The summed E-state index contributed by atoms with van der Waals surface area (Å²) in [5, 5.41) is 23.2. The standard InChI is InChI=1S/C58H34/c1-2-11-35(12-3-1)53-45-16-4-6-18-47(45)54(48-19-7-5-17-46(48)53)42-30-28-39-31-41(27-26-40(39)32-42)44-33-43-29-25-38-14-9-21-50-49-20-8-13-36-23-24-37-15-10-22-51(57(37)55(36)49)52(34-44)58(43)56(38)50/h1-34H. The van der Waals surface area contributed by atoms with Gasteiger partial charge >= 0.3 is 0 Å². The Morgan fingerprint density at radius 3 is 1.10 bits per heavy atom. The van der Waals surface area contributed by atoms with Crippen LogP contribution >= 0.6 is 0 Å². The van der Waals surface area contributed by atoms with Crippen molar-refractivity contribution in [3.63, 3.8) is 0 Å². The molecule has 58 heavy (non-hydrogen) atoms. The van der Waals surface area contributed by atoms with Crippen molar-refractivity contribution < 1.29 is 0 Å². The van der Waals surface area contributed by atoms with Crippen LogP contribution in [0.25, 0.3) is 130 Å². The third kappa shape index (κ3) is 4.46. The molecule has 13 aromatic carbocycles. The van der Waals surface area contributed by atoms with Crippen molar-refractivity contribution in [2.45, 2.75) is 0 Å². The van der Waals surface area contributed by atoms with E-state index in [1.54, 1.807) is 0 Å². The largest absolute Gasteiger partial charge is 0.0622 e. The molecular weight excluding hydrogens is 697 g/mol. The summed E-state index contributed by atoms with van der Waals surface area (Å²) in [6.07, 6.45) is 0. The lowest BCUT2D eigenvalue weighted by molar-refractivity contribution is 1.66. The minimum Gasteiger partial charge on any atom is -0.0622 e. The fraction of sp³-hybridized carbons (Fsp3) is 0. The van der Waals surface area contributed by atoms with E-state index in [0.29, 0.717) is 0 Å². The van der Waals surface area contributed by atoms with Crippen molar-refractivity contribution in [2.24, 2.45) is 0 Å². The van der Waals surface area contributed by atoms with E-state index >= 15 is 0 Å². The van der Waals surface area contributed by atoms with Gasteiger partial charge in [0, 0.05) is 0 Å². The van der Waals surface area contributed by atoms with Crippen LogP contribution in [0.15, 0.2) is 206 Å². The Balaban J connectivity index is 1.04. The highest BCUT2D eigenvalue weighted by Crippen LogP contribution is 2.46. The molecule has 0 nitrogen and oxygen atoms in total. The van der Waals surface area contributed by atoms with Crippen LogP contribution in [0.2, 0.25) is 0 Å². The number of fused-ring (bicyclic) bond motifs is 5. The Bertz CT molecular complexity index is 3770. The zero-order valence-corrected chi connectivity index (χ0v) is 31.6. The van der Waals surface area contributed by atoms with Crippen LogP contribution in [0.5, 0.6) is 0 Å². The van der Waals surface area contributed by atoms with Gasteiger partial charge in [0.05, 0.1) is 0 Å². The van der Waals surface area contributed by atoms with E-state index in [2.05, 4.69) is 206 Å². The van der Waals surface area contributed by atoms with Gasteiger partial charge in [-0.05, 0) is 155 Å². The molecule has 266 valence electrons. The smallest absolute Gasteiger partial charge is 0.00199 e. The summed E-state index contributed by atoms with van der Waals surface area (Å²) >= 11 is 0. The minimum atomic E-state index is 1.22. The molecular formula is C58H34. The van der Waals surface area contributed by atoms with Crippen molar-refractivity contribution >= 4 is 97.0 Å². The number of rotatable bonds is 3. The molecule has 0 N–H and O–H groups in total. The van der Waals surface area contributed by atoms with Crippen molar-refractivity contribution in [2.75, 3.05) is 0 Å². The van der Waals surface area contributed by atoms with Gasteiger partial charge in [0.2, 0.25) is 0 Å². The first-order chi connectivity index (χ1) is 28.8. The summed E-state index contributed by atoms with van der Waals surface area (Å²) in [6, 6.07) is 77.2. The van der Waals surface area contributed by atoms with Gasteiger partial charge < -0.3 is 0 Å². The molecule has 0 heterocycles. The summed E-state index contributed by atoms with van der Waals surface area (Å²) < 4.78 is 0. The van der Waals surface area contributed by atoms with E-state index in [0.717, 1.165) is 0 Å². The normalized spacial score (nSPS) is 12.1.